The number of methoxy groups -OCH3 is 1. The molecule has 34 heavy (non-hydrogen) atoms. The van der Waals surface area contributed by atoms with E-state index in [1.807, 2.05) is 6.92 Å². The fourth-order valence-corrected chi connectivity index (χ4v) is 0.751. The van der Waals surface area contributed by atoms with Gasteiger partial charge in [-0.1, -0.05) is 39.7 Å². The van der Waals surface area contributed by atoms with Gasteiger partial charge in [0.2, 0.25) is 0 Å². The summed E-state index contributed by atoms with van der Waals surface area (Å²) in [5.41, 5.74) is 0.609. The van der Waals surface area contributed by atoms with Gasteiger partial charge in [0.25, 0.3) is 0 Å². The van der Waals surface area contributed by atoms with Crippen molar-refractivity contribution in [3.63, 3.8) is 0 Å². The SMILES string of the molecule is C=C(C)C(=O)O.C=C(C)C(=O)OC.C=CC(=O)OCC.C=CC(=O)OCCCC.CC(C)O.N. The van der Waals surface area contributed by atoms with Crippen molar-refractivity contribution < 1.29 is 43.6 Å². The molecule has 0 spiro atoms. The standard InChI is InChI=1S/C7H12O2.2C5H8O2.C4H6O2.C3H8O.H3N/c1-3-5-6-9-7(8)4-2;1-4(2)5(6)7-3;1-3-5(6)7-4-2;1-3(2)4(5)6;1-3(2)4;/h4H,2-3,5-6H2,1H3;1H2,2-3H3;3H,1,4H2,2H3;1H2,2H3,(H,5,6);3-4H,1-2H3;1H3. The fraction of sp³-hybridized carbons (Fsp3) is 0.500. The average Bonchev–Trinajstić information content (AvgIpc) is 2.74. The molecular weight excluding hydrogens is 446 g/mol. The van der Waals surface area contributed by atoms with Crippen molar-refractivity contribution in [2.45, 2.75) is 60.5 Å². The van der Waals surface area contributed by atoms with E-state index in [0.717, 1.165) is 18.9 Å². The van der Waals surface area contributed by atoms with Crippen LogP contribution in [0.25, 0.3) is 0 Å². The minimum Gasteiger partial charge on any atom is -0.478 e. The summed E-state index contributed by atoms with van der Waals surface area (Å²) in [7, 11) is 1.33. The largest absolute Gasteiger partial charge is 0.478 e. The third kappa shape index (κ3) is 63.0. The number of unbranched alkanes of at least 4 members (excludes halogenated alkanes) is 1. The molecule has 0 aromatic rings. The van der Waals surface area contributed by atoms with Gasteiger partial charge in [-0.15, -0.1) is 0 Å². The van der Waals surface area contributed by atoms with Crippen LogP contribution in [0.1, 0.15) is 54.4 Å². The van der Waals surface area contributed by atoms with E-state index in [0.29, 0.717) is 18.8 Å². The Kier molecular flexibility index (Phi) is 44.9. The normalized spacial score (nSPS) is 7.79. The van der Waals surface area contributed by atoms with Crippen molar-refractivity contribution in [2.75, 3.05) is 20.3 Å². The van der Waals surface area contributed by atoms with Crippen LogP contribution in [0, 0.1) is 0 Å². The minimum absolute atomic E-state index is 0. The molecule has 0 aliphatic rings. The van der Waals surface area contributed by atoms with Gasteiger partial charge < -0.3 is 30.6 Å². The summed E-state index contributed by atoms with van der Waals surface area (Å²) in [4.78, 5) is 40.2. The Hall–Kier alpha value is -3.24. The van der Waals surface area contributed by atoms with Crippen LogP contribution in [0.3, 0.4) is 0 Å². The molecule has 0 bridgehead atoms. The van der Waals surface area contributed by atoms with Gasteiger partial charge in [0.15, 0.2) is 0 Å². The molecule has 5 N–H and O–H groups in total. The average molecular weight is 492 g/mol. The highest BCUT2D eigenvalue weighted by molar-refractivity contribution is 5.86. The zero-order chi connectivity index (χ0) is 27.4. The molecule has 0 aliphatic carbocycles. The molecule has 0 fully saturated rings. The lowest BCUT2D eigenvalue weighted by atomic mass is 10.4. The summed E-state index contributed by atoms with van der Waals surface area (Å²) in [6.07, 6.45) is 4.13. The van der Waals surface area contributed by atoms with Crippen molar-refractivity contribution in [2.24, 2.45) is 0 Å². The molecular formula is C24H45NO9. The highest BCUT2D eigenvalue weighted by Crippen LogP contribution is 1.88. The second-order valence-corrected chi connectivity index (χ2v) is 6.13. The Morgan fingerprint density at radius 2 is 1.26 bits per heavy atom. The zero-order valence-electron chi connectivity index (χ0n) is 21.8. The van der Waals surface area contributed by atoms with Gasteiger partial charge in [-0.05, 0) is 41.0 Å². The molecule has 0 unspecified atom stereocenters. The van der Waals surface area contributed by atoms with E-state index in [1.165, 1.54) is 20.1 Å². The number of hydrogen-bond donors (Lipinski definition) is 3. The van der Waals surface area contributed by atoms with E-state index in [1.54, 1.807) is 27.7 Å². The van der Waals surface area contributed by atoms with E-state index < -0.39 is 5.97 Å². The van der Waals surface area contributed by atoms with Crippen LogP contribution in [0.5, 0.6) is 0 Å². The highest BCUT2D eigenvalue weighted by atomic mass is 16.5. The Morgan fingerprint density at radius 1 is 0.912 bits per heavy atom. The van der Waals surface area contributed by atoms with Gasteiger partial charge in [-0.2, -0.15) is 0 Å². The van der Waals surface area contributed by atoms with Gasteiger partial charge in [0, 0.05) is 29.4 Å². The molecule has 0 atom stereocenters. The number of esters is 3. The summed E-state index contributed by atoms with van der Waals surface area (Å²) in [6, 6.07) is 0. The first kappa shape index (κ1) is 44.4. The van der Waals surface area contributed by atoms with Crippen LogP contribution < -0.4 is 6.15 Å². The first-order valence-electron chi connectivity index (χ1n) is 10.1. The topological polar surface area (TPSA) is 171 Å². The van der Waals surface area contributed by atoms with Gasteiger partial charge in [0.1, 0.15) is 0 Å². The molecule has 0 radical (unpaired) electrons. The van der Waals surface area contributed by atoms with Crippen LogP contribution in [0.15, 0.2) is 49.6 Å². The number of carboxylic acid groups (broad SMARTS) is 1. The number of hydrogen-bond acceptors (Lipinski definition) is 9. The first-order chi connectivity index (χ1) is 15.2. The number of ether oxygens (including phenoxy) is 3. The lowest BCUT2D eigenvalue weighted by molar-refractivity contribution is -0.138. The first-order valence-corrected chi connectivity index (χ1v) is 10.1. The number of aliphatic hydroxyl groups excluding tert-OH is 1. The lowest BCUT2D eigenvalue weighted by Gasteiger charge is -1.97. The van der Waals surface area contributed by atoms with Crippen molar-refractivity contribution in [3.05, 3.63) is 49.6 Å². The van der Waals surface area contributed by atoms with Crippen molar-refractivity contribution in [3.8, 4) is 0 Å². The van der Waals surface area contributed by atoms with Gasteiger partial charge in [-0.25, -0.2) is 19.2 Å². The van der Waals surface area contributed by atoms with E-state index in [2.05, 4.69) is 40.5 Å². The summed E-state index contributed by atoms with van der Waals surface area (Å²) in [6.45, 7) is 24.2. The van der Waals surface area contributed by atoms with E-state index in [-0.39, 0.29) is 35.7 Å². The minimum atomic E-state index is -0.935. The maximum atomic E-state index is 10.3. The quantitative estimate of drug-likeness (QED) is 0.193. The number of aliphatic hydroxyl groups is 1. The monoisotopic (exact) mass is 491 g/mol. The molecule has 0 saturated carbocycles. The summed E-state index contributed by atoms with van der Waals surface area (Å²) in [5.74, 6) is -1.97. The molecule has 200 valence electrons. The summed E-state index contributed by atoms with van der Waals surface area (Å²) < 4.78 is 13.4. The van der Waals surface area contributed by atoms with Crippen molar-refractivity contribution >= 4 is 23.9 Å². The van der Waals surface area contributed by atoms with Gasteiger partial charge in [-0.3, -0.25) is 0 Å². The molecule has 10 nitrogen and oxygen atoms in total. The Balaban J connectivity index is -0.0000000730. The van der Waals surface area contributed by atoms with Gasteiger partial charge in [0.05, 0.1) is 20.3 Å². The third-order valence-electron chi connectivity index (χ3n) is 2.26. The van der Waals surface area contributed by atoms with E-state index >= 15 is 0 Å². The maximum Gasteiger partial charge on any atom is 0.332 e. The smallest absolute Gasteiger partial charge is 0.332 e. The second kappa shape index (κ2) is 34.4. The predicted octanol–water partition coefficient (Wildman–Crippen LogP) is 4.18. The number of carbonyl (C=O) groups is 4. The number of rotatable bonds is 8. The Bertz CT molecular complexity index is 580. The second-order valence-electron chi connectivity index (χ2n) is 6.13. The van der Waals surface area contributed by atoms with Crippen LogP contribution in [0.2, 0.25) is 0 Å². The number of carbonyl (C=O) groups excluding carboxylic acids is 3. The van der Waals surface area contributed by atoms with Crippen LogP contribution in [-0.4, -0.2) is 60.5 Å². The molecule has 0 aromatic heterocycles. The fourth-order valence-electron chi connectivity index (χ4n) is 0.751. The molecule has 0 amide bonds. The molecule has 0 aromatic carbocycles. The van der Waals surface area contributed by atoms with Crippen LogP contribution in [0.4, 0.5) is 0 Å². The van der Waals surface area contributed by atoms with Crippen molar-refractivity contribution in [1.82, 2.24) is 6.15 Å². The summed E-state index contributed by atoms with van der Waals surface area (Å²) >= 11 is 0. The molecule has 0 heterocycles. The third-order valence-corrected chi connectivity index (χ3v) is 2.26. The molecule has 0 saturated heterocycles. The predicted molar refractivity (Wildman–Crippen MR) is 135 cm³/mol. The van der Waals surface area contributed by atoms with E-state index in [4.69, 9.17) is 10.2 Å². The lowest BCUT2D eigenvalue weighted by Crippen LogP contribution is -2.00. The zero-order valence-corrected chi connectivity index (χ0v) is 21.8. The molecule has 0 rings (SSSR count). The Morgan fingerprint density at radius 3 is 1.41 bits per heavy atom. The number of carboxylic acids is 1. The van der Waals surface area contributed by atoms with E-state index in [9.17, 15) is 19.2 Å². The maximum absolute atomic E-state index is 10.3. The van der Waals surface area contributed by atoms with Crippen molar-refractivity contribution in [1.29, 1.82) is 0 Å². The molecule has 10 heteroatoms. The Labute approximate surface area is 204 Å². The highest BCUT2D eigenvalue weighted by Gasteiger charge is 1.95. The van der Waals surface area contributed by atoms with Crippen LogP contribution >= 0.6 is 0 Å². The summed E-state index contributed by atoms with van der Waals surface area (Å²) in [5, 5.41) is 15.9. The molecule has 0 aliphatic heterocycles. The number of aliphatic carboxylic acids is 1. The van der Waals surface area contributed by atoms with Crippen LogP contribution in [-0.2, 0) is 33.4 Å². The van der Waals surface area contributed by atoms with Gasteiger partial charge >= 0.3 is 23.9 Å².